The summed E-state index contributed by atoms with van der Waals surface area (Å²) < 4.78 is 10.3. The van der Waals surface area contributed by atoms with E-state index in [9.17, 15) is 14.8 Å². The summed E-state index contributed by atoms with van der Waals surface area (Å²) in [7, 11) is 0. The van der Waals surface area contributed by atoms with Gasteiger partial charge in [-0.05, 0) is 48.9 Å². The van der Waals surface area contributed by atoms with E-state index < -0.39 is 11.9 Å². The van der Waals surface area contributed by atoms with E-state index in [1.54, 1.807) is 61.5 Å². The molecule has 132 valence electrons. The van der Waals surface area contributed by atoms with E-state index in [0.717, 1.165) is 0 Å². The maximum absolute atomic E-state index is 12.4. The van der Waals surface area contributed by atoms with Crippen LogP contribution in [0.2, 0.25) is 0 Å². The minimum absolute atomic E-state index is 0.000822. The Morgan fingerprint density at radius 1 is 1.04 bits per heavy atom. The number of carbonyl (C=O) groups excluding carboxylic acids is 2. The third-order valence-corrected chi connectivity index (χ3v) is 3.81. The number of anilines is 1. The molecule has 3 aromatic rings. The lowest BCUT2D eigenvalue weighted by atomic mass is 10.1. The van der Waals surface area contributed by atoms with Gasteiger partial charge in [-0.2, -0.15) is 5.06 Å². The number of hydrogen-bond acceptors (Lipinski definition) is 5. The highest BCUT2D eigenvalue weighted by atomic mass is 16.5. The van der Waals surface area contributed by atoms with Gasteiger partial charge >= 0.3 is 5.97 Å². The Labute approximate surface area is 150 Å². The monoisotopic (exact) mass is 351 g/mol. The van der Waals surface area contributed by atoms with Crippen LogP contribution in [-0.2, 0) is 11.3 Å². The van der Waals surface area contributed by atoms with Crippen LogP contribution in [0, 0.1) is 6.92 Å². The lowest BCUT2D eigenvalue weighted by molar-refractivity contribution is 0.0445. The van der Waals surface area contributed by atoms with Crippen LogP contribution in [-0.4, -0.2) is 17.1 Å². The Hall–Kier alpha value is -3.38. The molecule has 0 bridgehead atoms. The Bertz CT molecular complexity index is 903. The molecular formula is C20H17NO5. The second-order valence-corrected chi connectivity index (χ2v) is 5.64. The lowest BCUT2D eigenvalue weighted by Crippen LogP contribution is -2.28. The molecule has 0 fully saturated rings. The van der Waals surface area contributed by atoms with Gasteiger partial charge < -0.3 is 9.15 Å². The van der Waals surface area contributed by atoms with Crippen LogP contribution >= 0.6 is 0 Å². The Morgan fingerprint density at radius 3 is 2.50 bits per heavy atom. The molecule has 0 saturated carbocycles. The molecule has 3 rings (SSSR count). The van der Waals surface area contributed by atoms with Gasteiger partial charge in [0, 0.05) is 5.56 Å². The van der Waals surface area contributed by atoms with Gasteiger partial charge in [-0.1, -0.05) is 24.3 Å². The number of carbonyl (C=O) groups is 2. The predicted molar refractivity (Wildman–Crippen MR) is 94.0 cm³/mol. The third kappa shape index (κ3) is 3.81. The predicted octanol–water partition coefficient (Wildman–Crippen LogP) is 3.98. The van der Waals surface area contributed by atoms with E-state index >= 15 is 0 Å². The van der Waals surface area contributed by atoms with Crippen LogP contribution in [0.3, 0.4) is 0 Å². The fourth-order valence-electron chi connectivity index (χ4n) is 2.39. The van der Waals surface area contributed by atoms with Gasteiger partial charge in [0.25, 0.3) is 5.91 Å². The minimum atomic E-state index is -0.588. The summed E-state index contributed by atoms with van der Waals surface area (Å²) in [5.41, 5.74) is 1.41. The highest BCUT2D eigenvalue weighted by Gasteiger charge is 2.19. The quantitative estimate of drug-likeness (QED) is 0.427. The molecular weight excluding hydrogens is 334 g/mol. The highest BCUT2D eigenvalue weighted by molar-refractivity contribution is 6.05. The average molecular weight is 351 g/mol. The summed E-state index contributed by atoms with van der Waals surface area (Å²) in [6, 6.07) is 16.4. The first-order valence-electron chi connectivity index (χ1n) is 7.95. The number of esters is 1. The van der Waals surface area contributed by atoms with Gasteiger partial charge in [0.05, 0.1) is 17.5 Å². The van der Waals surface area contributed by atoms with E-state index in [0.29, 0.717) is 22.0 Å². The van der Waals surface area contributed by atoms with Crippen molar-refractivity contribution in [3.63, 3.8) is 0 Å². The SMILES string of the molecule is Cc1ccc(C(=O)OCc2ccco2)cc1N(O)C(=O)c1ccccc1. The molecule has 6 heteroatoms. The Morgan fingerprint density at radius 2 is 1.81 bits per heavy atom. The molecule has 1 N–H and O–H groups in total. The van der Waals surface area contributed by atoms with E-state index in [4.69, 9.17) is 9.15 Å². The number of benzene rings is 2. The molecule has 0 aliphatic carbocycles. The summed E-state index contributed by atoms with van der Waals surface area (Å²) in [5, 5.41) is 10.9. The number of furan rings is 1. The fraction of sp³-hybridized carbons (Fsp3) is 0.100. The van der Waals surface area contributed by atoms with Gasteiger partial charge in [0.2, 0.25) is 0 Å². The summed E-state index contributed by atoms with van der Waals surface area (Å²) >= 11 is 0. The van der Waals surface area contributed by atoms with Crippen molar-refractivity contribution < 1.29 is 24.0 Å². The maximum atomic E-state index is 12.4. The Kier molecular flexibility index (Phi) is 5.15. The van der Waals surface area contributed by atoms with E-state index in [1.807, 2.05) is 0 Å². The van der Waals surface area contributed by atoms with E-state index in [-0.39, 0.29) is 17.9 Å². The summed E-state index contributed by atoms with van der Waals surface area (Å²) in [4.78, 5) is 24.6. The molecule has 1 amide bonds. The molecule has 6 nitrogen and oxygen atoms in total. The van der Waals surface area contributed by atoms with Crippen molar-refractivity contribution >= 4 is 17.6 Å². The van der Waals surface area contributed by atoms with Gasteiger partial charge in [0.15, 0.2) is 0 Å². The van der Waals surface area contributed by atoms with E-state index in [2.05, 4.69) is 0 Å². The second kappa shape index (κ2) is 7.67. The minimum Gasteiger partial charge on any atom is -0.466 e. The summed E-state index contributed by atoms with van der Waals surface area (Å²) in [5.74, 6) is -0.647. The maximum Gasteiger partial charge on any atom is 0.338 e. The van der Waals surface area contributed by atoms with Crippen LogP contribution in [0.15, 0.2) is 71.3 Å². The van der Waals surface area contributed by atoms with Gasteiger partial charge in [-0.3, -0.25) is 10.0 Å². The molecule has 1 heterocycles. The number of hydroxylamine groups is 1. The molecule has 26 heavy (non-hydrogen) atoms. The fourth-order valence-corrected chi connectivity index (χ4v) is 2.39. The van der Waals surface area contributed by atoms with Gasteiger partial charge in [-0.25, -0.2) is 4.79 Å². The van der Waals surface area contributed by atoms with Crippen molar-refractivity contribution in [2.75, 3.05) is 5.06 Å². The molecule has 0 atom stereocenters. The number of ether oxygens (including phenoxy) is 1. The topological polar surface area (TPSA) is 80.0 Å². The molecule has 0 aliphatic rings. The standard InChI is InChI=1S/C20H17NO5/c1-14-9-10-16(20(23)26-13-17-8-5-11-25-17)12-18(14)21(24)19(22)15-6-3-2-4-7-15/h2-12,24H,13H2,1H3. The Balaban J connectivity index is 1.78. The van der Waals surface area contributed by atoms with Crippen molar-refractivity contribution in [2.24, 2.45) is 0 Å². The first-order valence-corrected chi connectivity index (χ1v) is 7.95. The van der Waals surface area contributed by atoms with Crippen molar-refractivity contribution in [1.29, 1.82) is 0 Å². The zero-order chi connectivity index (χ0) is 18.5. The van der Waals surface area contributed by atoms with Crippen LogP contribution in [0.1, 0.15) is 32.0 Å². The zero-order valence-electron chi connectivity index (χ0n) is 14.1. The molecule has 1 aromatic heterocycles. The lowest BCUT2D eigenvalue weighted by Gasteiger charge is -2.18. The second-order valence-electron chi connectivity index (χ2n) is 5.64. The molecule has 0 aliphatic heterocycles. The highest BCUT2D eigenvalue weighted by Crippen LogP contribution is 2.23. The average Bonchev–Trinajstić information content (AvgIpc) is 3.19. The smallest absolute Gasteiger partial charge is 0.338 e. The van der Waals surface area contributed by atoms with E-state index in [1.165, 1.54) is 12.3 Å². The van der Waals surface area contributed by atoms with Crippen LogP contribution in [0.5, 0.6) is 0 Å². The number of aryl methyl sites for hydroxylation is 1. The van der Waals surface area contributed by atoms with Crippen molar-refractivity contribution in [2.45, 2.75) is 13.5 Å². The third-order valence-electron chi connectivity index (χ3n) is 3.81. The summed E-state index contributed by atoms with van der Waals surface area (Å²) in [6.07, 6.45) is 1.49. The van der Waals surface area contributed by atoms with Crippen LogP contribution in [0.4, 0.5) is 5.69 Å². The van der Waals surface area contributed by atoms with Gasteiger partial charge in [0.1, 0.15) is 12.4 Å². The molecule has 0 spiro atoms. The number of hydrogen-bond donors (Lipinski definition) is 1. The number of nitrogens with zero attached hydrogens (tertiary/aromatic N) is 1. The first-order chi connectivity index (χ1) is 12.6. The van der Waals surface area contributed by atoms with Crippen molar-refractivity contribution in [3.8, 4) is 0 Å². The zero-order valence-corrected chi connectivity index (χ0v) is 14.1. The van der Waals surface area contributed by atoms with Crippen molar-refractivity contribution in [3.05, 3.63) is 89.4 Å². The molecule has 0 unspecified atom stereocenters. The van der Waals surface area contributed by atoms with Crippen LogP contribution in [0.25, 0.3) is 0 Å². The number of amides is 1. The normalized spacial score (nSPS) is 10.4. The largest absolute Gasteiger partial charge is 0.466 e. The number of rotatable bonds is 5. The van der Waals surface area contributed by atoms with Crippen molar-refractivity contribution in [1.82, 2.24) is 0 Å². The van der Waals surface area contributed by atoms with Gasteiger partial charge in [-0.15, -0.1) is 0 Å². The molecule has 2 aromatic carbocycles. The first kappa shape index (κ1) is 17.4. The van der Waals surface area contributed by atoms with Crippen LogP contribution < -0.4 is 5.06 Å². The summed E-state index contributed by atoms with van der Waals surface area (Å²) in [6.45, 7) is 1.73. The molecule has 0 saturated heterocycles. The molecule has 0 radical (unpaired) electrons.